The van der Waals surface area contributed by atoms with Gasteiger partial charge in [0.2, 0.25) is 0 Å². The molecule has 3 saturated carbocycles. The number of alkyl halides is 1. The normalized spacial score (nSPS) is 42.5. The average Bonchev–Trinajstić information content (AvgIpc) is 2.73. The second-order valence-corrected chi connectivity index (χ2v) is 11.9. The molecule has 6 unspecified atom stereocenters. The van der Waals surface area contributed by atoms with Gasteiger partial charge in [0.1, 0.15) is 6.17 Å². The monoisotopic (exact) mass is 425 g/mol. The molecule has 0 spiro atoms. The van der Waals surface area contributed by atoms with Crippen LogP contribution in [0.25, 0.3) is 0 Å². The summed E-state index contributed by atoms with van der Waals surface area (Å²) >= 11 is 0. The van der Waals surface area contributed by atoms with Crippen LogP contribution in [0.1, 0.15) is 111 Å². The maximum absolute atomic E-state index is 15.3. The van der Waals surface area contributed by atoms with Gasteiger partial charge in [0.25, 0.3) is 0 Å². The van der Waals surface area contributed by atoms with Crippen LogP contribution in [0.5, 0.6) is 0 Å². The van der Waals surface area contributed by atoms with Crippen molar-refractivity contribution in [2.75, 3.05) is 0 Å². The molecule has 0 amide bonds. The Bertz CT molecular complexity index is 456. The molecule has 170 valence electrons. The van der Waals surface area contributed by atoms with Crippen molar-refractivity contribution in [1.82, 2.24) is 5.32 Å². The smallest absolute Gasteiger partial charge is 0.122 e. The van der Waals surface area contributed by atoms with Crippen molar-refractivity contribution in [1.29, 1.82) is 0 Å². The minimum atomic E-state index is -0.690. The van der Waals surface area contributed by atoms with Crippen LogP contribution in [-0.2, 0) is 0 Å². The maximum atomic E-state index is 15.3. The van der Waals surface area contributed by atoms with Gasteiger partial charge in [-0.3, -0.25) is 0 Å². The molecule has 0 aromatic carbocycles. The fourth-order valence-corrected chi connectivity index (χ4v) is 7.68. The van der Waals surface area contributed by atoms with Crippen LogP contribution in [0.2, 0.25) is 0 Å². The summed E-state index contributed by atoms with van der Waals surface area (Å²) in [5.74, 6) is 4.31. The molecule has 3 aliphatic rings. The molecule has 0 aromatic rings. The topological polar surface area (TPSA) is 12.0 Å². The Hall–Kier alpha value is 0.320. The quantitative estimate of drug-likeness (QED) is 0.313. The summed E-state index contributed by atoms with van der Waals surface area (Å²) in [6, 6.07) is 0.526. The van der Waals surface area contributed by atoms with E-state index in [1.165, 1.54) is 83.5 Å². The summed E-state index contributed by atoms with van der Waals surface area (Å²) in [6.07, 6.45) is 18.0. The Morgan fingerprint density at radius 1 is 0.862 bits per heavy atom. The Labute approximate surface area is 183 Å². The standard InChI is InChI=1S/C26H49FNP/c1-4-5-6-7-19(3)28-24-17-16-23(26(29)25(24)27)22-14-12-21(13-15-22)20-10-8-18(2)9-11-20/h18-26,28H,4-17,29H2,1-3H3. The number of unbranched alkanes of at least 4 members (excludes halogenated alkanes) is 2. The molecule has 29 heavy (non-hydrogen) atoms. The van der Waals surface area contributed by atoms with E-state index in [1.807, 2.05) is 0 Å². The van der Waals surface area contributed by atoms with E-state index in [0.29, 0.717) is 12.0 Å². The Morgan fingerprint density at radius 2 is 1.45 bits per heavy atom. The van der Waals surface area contributed by atoms with Gasteiger partial charge in [0.05, 0.1) is 0 Å². The summed E-state index contributed by atoms with van der Waals surface area (Å²) in [4.78, 5) is 0. The molecule has 3 heteroatoms. The van der Waals surface area contributed by atoms with Crippen LogP contribution in [0, 0.1) is 29.6 Å². The largest absolute Gasteiger partial charge is 0.309 e. The molecule has 0 aromatic heterocycles. The van der Waals surface area contributed by atoms with E-state index in [4.69, 9.17) is 0 Å². The van der Waals surface area contributed by atoms with Crippen molar-refractivity contribution in [3.63, 3.8) is 0 Å². The zero-order valence-electron chi connectivity index (χ0n) is 19.6. The van der Waals surface area contributed by atoms with E-state index in [2.05, 4.69) is 35.3 Å². The second kappa shape index (κ2) is 11.8. The van der Waals surface area contributed by atoms with Gasteiger partial charge in [-0.1, -0.05) is 46.0 Å². The van der Waals surface area contributed by atoms with E-state index in [9.17, 15) is 0 Å². The summed E-state index contributed by atoms with van der Waals surface area (Å²) < 4.78 is 15.3. The van der Waals surface area contributed by atoms with Crippen LogP contribution in [0.15, 0.2) is 0 Å². The lowest BCUT2D eigenvalue weighted by Gasteiger charge is -2.45. The minimum Gasteiger partial charge on any atom is -0.309 e. The van der Waals surface area contributed by atoms with Crippen molar-refractivity contribution in [2.45, 2.75) is 135 Å². The van der Waals surface area contributed by atoms with Crippen LogP contribution in [0.4, 0.5) is 4.39 Å². The van der Waals surface area contributed by atoms with Crippen molar-refractivity contribution < 1.29 is 4.39 Å². The van der Waals surface area contributed by atoms with Crippen molar-refractivity contribution >= 4 is 9.24 Å². The molecule has 3 aliphatic carbocycles. The van der Waals surface area contributed by atoms with Gasteiger partial charge in [-0.2, -0.15) is 0 Å². The predicted molar refractivity (Wildman–Crippen MR) is 128 cm³/mol. The molecule has 3 rings (SSSR count). The number of halogens is 1. The molecule has 1 N–H and O–H groups in total. The van der Waals surface area contributed by atoms with Gasteiger partial charge in [-0.25, -0.2) is 4.39 Å². The van der Waals surface area contributed by atoms with Gasteiger partial charge in [-0.05, 0) is 94.3 Å². The molecule has 3 fully saturated rings. The molecule has 0 bridgehead atoms. The van der Waals surface area contributed by atoms with E-state index in [-0.39, 0.29) is 11.7 Å². The third kappa shape index (κ3) is 6.65. The van der Waals surface area contributed by atoms with Gasteiger partial charge in [0, 0.05) is 17.7 Å². The third-order valence-electron chi connectivity index (χ3n) is 8.95. The van der Waals surface area contributed by atoms with Crippen LogP contribution in [0.3, 0.4) is 0 Å². The van der Waals surface area contributed by atoms with Crippen LogP contribution in [-0.4, -0.2) is 23.9 Å². The van der Waals surface area contributed by atoms with Gasteiger partial charge < -0.3 is 5.32 Å². The predicted octanol–water partition coefficient (Wildman–Crippen LogP) is 7.54. The molecular formula is C26H49FNP. The highest BCUT2D eigenvalue weighted by Gasteiger charge is 2.42. The lowest BCUT2D eigenvalue weighted by molar-refractivity contribution is 0.0792. The van der Waals surface area contributed by atoms with Gasteiger partial charge in [-0.15, -0.1) is 9.24 Å². The first kappa shape index (κ1) is 24.0. The van der Waals surface area contributed by atoms with Crippen molar-refractivity contribution in [2.24, 2.45) is 29.6 Å². The van der Waals surface area contributed by atoms with Crippen molar-refractivity contribution in [3.05, 3.63) is 0 Å². The molecule has 0 heterocycles. The Balaban J connectivity index is 1.42. The second-order valence-electron chi connectivity index (χ2n) is 11.1. The van der Waals surface area contributed by atoms with Gasteiger partial charge >= 0.3 is 0 Å². The zero-order chi connectivity index (χ0) is 20.8. The summed E-state index contributed by atoms with van der Waals surface area (Å²) in [5, 5.41) is 3.65. The SMILES string of the molecule is CCCCCC(C)NC1CCC(C2CCC(C3CCC(C)CC3)CC2)C(P)C1F. The molecule has 0 aliphatic heterocycles. The summed E-state index contributed by atoms with van der Waals surface area (Å²) in [7, 11) is 2.94. The number of rotatable bonds is 8. The number of hydrogen-bond acceptors (Lipinski definition) is 1. The molecule has 0 saturated heterocycles. The number of nitrogens with one attached hydrogen (secondary N) is 1. The first-order valence-electron chi connectivity index (χ1n) is 13.1. The van der Waals surface area contributed by atoms with Crippen LogP contribution < -0.4 is 5.32 Å². The Morgan fingerprint density at radius 3 is 2.07 bits per heavy atom. The third-order valence-corrected chi connectivity index (χ3v) is 9.81. The average molecular weight is 426 g/mol. The molecule has 6 atom stereocenters. The first-order valence-corrected chi connectivity index (χ1v) is 13.8. The summed E-state index contributed by atoms with van der Waals surface area (Å²) in [5.41, 5.74) is 0.154. The van der Waals surface area contributed by atoms with E-state index in [1.54, 1.807) is 0 Å². The highest BCUT2D eigenvalue weighted by molar-refractivity contribution is 7.17. The summed E-state index contributed by atoms with van der Waals surface area (Å²) in [6.45, 7) is 6.93. The van der Waals surface area contributed by atoms with Gasteiger partial charge in [0.15, 0.2) is 0 Å². The van der Waals surface area contributed by atoms with Crippen molar-refractivity contribution in [3.8, 4) is 0 Å². The molecule has 0 radical (unpaired) electrons. The number of hydrogen-bond donors (Lipinski definition) is 1. The lowest BCUT2D eigenvalue weighted by Crippen LogP contribution is -2.52. The maximum Gasteiger partial charge on any atom is 0.122 e. The fraction of sp³-hybridized carbons (Fsp3) is 1.00. The van der Waals surface area contributed by atoms with E-state index >= 15 is 4.39 Å². The van der Waals surface area contributed by atoms with E-state index < -0.39 is 6.17 Å². The minimum absolute atomic E-state index is 0.0749. The van der Waals surface area contributed by atoms with Crippen LogP contribution >= 0.6 is 9.24 Å². The molecular weight excluding hydrogens is 376 g/mol. The fourth-order valence-electron chi connectivity index (χ4n) is 6.90. The van der Waals surface area contributed by atoms with E-state index in [0.717, 1.165) is 30.1 Å². The first-order chi connectivity index (χ1) is 14.0. The lowest BCUT2D eigenvalue weighted by atomic mass is 9.65. The highest BCUT2D eigenvalue weighted by atomic mass is 31.0. The zero-order valence-corrected chi connectivity index (χ0v) is 20.7. The Kier molecular flexibility index (Phi) is 9.76. The molecule has 1 nitrogen and oxygen atoms in total. The highest BCUT2D eigenvalue weighted by Crippen LogP contribution is 2.47.